The maximum atomic E-state index is 6.72. The van der Waals surface area contributed by atoms with Crippen LogP contribution in [0.2, 0.25) is 0 Å². The summed E-state index contributed by atoms with van der Waals surface area (Å²) in [4.78, 5) is 0. The molecule has 1 heteroatoms. The smallest absolute Gasteiger partial charge is 0.0661 e. The van der Waals surface area contributed by atoms with Crippen molar-refractivity contribution in [2.24, 2.45) is 29.6 Å². The second kappa shape index (κ2) is 6.83. The fraction of sp³-hybridized carbons (Fsp3) is 1.00. The third-order valence-electron chi connectivity index (χ3n) is 7.23. The second-order valence-corrected chi connectivity index (χ2v) is 9.29. The first-order valence-corrected chi connectivity index (χ1v) is 10.2. The average molecular weight is 307 g/mol. The van der Waals surface area contributed by atoms with Gasteiger partial charge < -0.3 is 4.74 Å². The Bertz CT molecular complexity index is 361. The molecule has 3 rings (SSSR count). The average Bonchev–Trinajstić information content (AvgIpc) is 2.46. The van der Waals surface area contributed by atoms with Gasteiger partial charge in [0, 0.05) is 0 Å². The molecule has 0 aromatic rings. The van der Waals surface area contributed by atoms with Crippen molar-refractivity contribution in [2.75, 3.05) is 0 Å². The van der Waals surface area contributed by atoms with Crippen LogP contribution in [0.4, 0.5) is 0 Å². The predicted molar refractivity (Wildman–Crippen MR) is 93.9 cm³/mol. The predicted octanol–water partition coefficient (Wildman–Crippen LogP) is 6.21. The number of ether oxygens (including phenoxy) is 1. The molecule has 128 valence electrons. The third kappa shape index (κ3) is 3.40. The fourth-order valence-electron chi connectivity index (χ4n) is 6.04. The van der Waals surface area contributed by atoms with Crippen LogP contribution in [0.3, 0.4) is 0 Å². The van der Waals surface area contributed by atoms with Crippen molar-refractivity contribution in [1.82, 2.24) is 0 Å². The van der Waals surface area contributed by atoms with Gasteiger partial charge in [-0.2, -0.15) is 0 Å². The highest BCUT2D eigenvalue weighted by atomic mass is 16.5. The summed E-state index contributed by atoms with van der Waals surface area (Å²) in [6.45, 7) is 9.56. The molecule has 0 aromatic carbocycles. The van der Waals surface area contributed by atoms with Crippen LogP contribution in [0.15, 0.2) is 0 Å². The molecule has 0 aromatic heterocycles. The molecule has 0 radical (unpaired) electrons. The van der Waals surface area contributed by atoms with E-state index in [1.54, 1.807) is 0 Å². The Morgan fingerprint density at radius 1 is 0.955 bits per heavy atom. The van der Waals surface area contributed by atoms with E-state index in [9.17, 15) is 0 Å². The largest absolute Gasteiger partial charge is 0.372 e. The Kier molecular flexibility index (Phi) is 5.22. The quantitative estimate of drug-likeness (QED) is 0.561. The van der Waals surface area contributed by atoms with Crippen molar-refractivity contribution in [1.29, 1.82) is 0 Å². The normalized spacial score (nSPS) is 44.2. The lowest BCUT2D eigenvalue weighted by molar-refractivity contribution is -0.221. The second-order valence-electron chi connectivity index (χ2n) is 9.29. The van der Waals surface area contributed by atoms with E-state index in [1.165, 1.54) is 64.2 Å². The highest BCUT2D eigenvalue weighted by Crippen LogP contribution is 2.54. The minimum atomic E-state index is 0.122. The molecule has 0 spiro atoms. The fourth-order valence-corrected chi connectivity index (χ4v) is 6.04. The molecule has 0 bridgehead atoms. The van der Waals surface area contributed by atoms with E-state index < -0.39 is 0 Å². The Balaban J connectivity index is 1.65. The van der Waals surface area contributed by atoms with Gasteiger partial charge in [-0.05, 0) is 75.5 Å². The van der Waals surface area contributed by atoms with Gasteiger partial charge in [0.2, 0.25) is 0 Å². The lowest BCUT2D eigenvalue weighted by Gasteiger charge is -2.57. The lowest BCUT2D eigenvalue weighted by atomic mass is 9.57. The first-order valence-electron chi connectivity index (χ1n) is 10.2. The molecule has 1 heterocycles. The van der Waals surface area contributed by atoms with Gasteiger partial charge >= 0.3 is 0 Å². The molecule has 3 fully saturated rings. The van der Waals surface area contributed by atoms with Gasteiger partial charge in [-0.3, -0.25) is 0 Å². The van der Waals surface area contributed by atoms with Gasteiger partial charge in [0.05, 0.1) is 11.7 Å². The van der Waals surface area contributed by atoms with Gasteiger partial charge in [0.25, 0.3) is 0 Å². The summed E-state index contributed by atoms with van der Waals surface area (Å²) in [5.41, 5.74) is 0.122. The molecule has 0 N–H and O–H groups in total. The van der Waals surface area contributed by atoms with Crippen molar-refractivity contribution < 1.29 is 4.74 Å². The summed E-state index contributed by atoms with van der Waals surface area (Å²) in [7, 11) is 0. The van der Waals surface area contributed by atoms with Gasteiger partial charge in [0.15, 0.2) is 0 Å². The summed E-state index contributed by atoms with van der Waals surface area (Å²) in [5.74, 6) is 4.54. The molecular formula is C21H38O. The molecule has 6 unspecified atom stereocenters. The summed E-state index contributed by atoms with van der Waals surface area (Å²) in [6.07, 6.45) is 14.8. The van der Waals surface area contributed by atoms with Crippen molar-refractivity contribution >= 4 is 0 Å². The third-order valence-corrected chi connectivity index (χ3v) is 7.23. The van der Waals surface area contributed by atoms with Gasteiger partial charge in [-0.25, -0.2) is 0 Å². The van der Waals surface area contributed by atoms with Crippen molar-refractivity contribution in [3.05, 3.63) is 0 Å². The first kappa shape index (κ1) is 16.8. The van der Waals surface area contributed by atoms with Gasteiger partial charge in [0.1, 0.15) is 0 Å². The Labute approximate surface area is 138 Å². The summed E-state index contributed by atoms with van der Waals surface area (Å²) < 4.78 is 6.72. The maximum absolute atomic E-state index is 6.72. The number of hydrogen-bond donors (Lipinski definition) is 0. The molecular weight excluding hydrogens is 268 g/mol. The summed E-state index contributed by atoms with van der Waals surface area (Å²) in [6, 6.07) is 0. The van der Waals surface area contributed by atoms with E-state index >= 15 is 0 Å². The monoisotopic (exact) mass is 306 g/mol. The van der Waals surface area contributed by atoms with E-state index in [2.05, 4.69) is 27.7 Å². The van der Waals surface area contributed by atoms with E-state index in [-0.39, 0.29) is 5.60 Å². The zero-order valence-corrected chi connectivity index (χ0v) is 15.4. The number of unbranched alkanes of at least 4 members (excludes halogenated alkanes) is 2. The van der Waals surface area contributed by atoms with Crippen molar-refractivity contribution in [3.63, 3.8) is 0 Å². The van der Waals surface area contributed by atoms with Crippen LogP contribution in [0.5, 0.6) is 0 Å². The molecule has 1 aliphatic heterocycles. The van der Waals surface area contributed by atoms with E-state index in [1.807, 2.05) is 0 Å². The Hall–Kier alpha value is -0.0400. The standard InChI is InChI=1S/C21H38O/c1-5-6-7-8-16-10-11-17-18-13-15(2)9-12-19(18)21(3,4)22-20(17)14-16/h15-20H,5-14H2,1-4H3. The van der Waals surface area contributed by atoms with E-state index in [0.717, 1.165) is 29.6 Å². The van der Waals surface area contributed by atoms with Crippen molar-refractivity contribution in [3.8, 4) is 0 Å². The lowest BCUT2D eigenvalue weighted by Crippen LogP contribution is -2.56. The highest BCUT2D eigenvalue weighted by molar-refractivity contribution is 5.00. The Morgan fingerprint density at radius 3 is 2.55 bits per heavy atom. The SMILES string of the molecule is CCCCCC1CCC2C(C1)OC(C)(C)C1CCC(C)CC21. The van der Waals surface area contributed by atoms with Crippen LogP contribution in [-0.4, -0.2) is 11.7 Å². The van der Waals surface area contributed by atoms with Crippen LogP contribution in [0.25, 0.3) is 0 Å². The minimum absolute atomic E-state index is 0.122. The molecule has 2 saturated carbocycles. The van der Waals surface area contributed by atoms with Crippen LogP contribution in [0.1, 0.15) is 91.9 Å². The topological polar surface area (TPSA) is 9.23 Å². The molecule has 22 heavy (non-hydrogen) atoms. The van der Waals surface area contributed by atoms with Crippen LogP contribution >= 0.6 is 0 Å². The number of fused-ring (bicyclic) bond motifs is 3. The van der Waals surface area contributed by atoms with Crippen LogP contribution < -0.4 is 0 Å². The zero-order valence-electron chi connectivity index (χ0n) is 15.4. The van der Waals surface area contributed by atoms with Gasteiger partial charge in [-0.15, -0.1) is 0 Å². The summed E-state index contributed by atoms with van der Waals surface area (Å²) >= 11 is 0. The van der Waals surface area contributed by atoms with E-state index in [0.29, 0.717) is 6.10 Å². The van der Waals surface area contributed by atoms with Crippen molar-refractivity contribution in [2.45, 2.75) is 104 Å². The molecule has 0 amide bonds. The maximum Gasteiger partial charge on any atom is 0.0661 e. The zero-order chi connectivity index (χ0) is 15.7. The molecule has 6 atom stereocenters. The molecule has 2 aliphatic carbocycles. The number of hydrogen-bond acceptors (Lipinski definition) is 1. The van der Waals surface area contributed by atoms with Crippen LogP contribution in [0, 0.1) is 29.6 Å². The number of rotatable bonds is 4. The molecule has 1 saturated heterocycles. The van der Waals surface area contributed by atoms with E-state index in [4.69, 9.17) is 4.74 Å². The Morgan fingerprint density at radius 2 is 1.77 bits per heavy atom. The molecule has 1 nitrogen and oxygen atoms in total. The minimum Gasteiger partial charge on any atom is -0.372 e. The highest BCUT2D eigenvalue weighted by Gasteiger charge is 2.52. The first-order chi connectivity index (χ1) is 10.5. The van der Waals surface area contributed by atoms with Gasteiger partial charge in [-0.1, -0.05) is 46.0 Å². The summed E-state index contributed by atoms with van der Waals surface area (Å²) in [5, 5.41) is 0. The van der Waals surface area contributed by atoms with Crippen LogP contribution in [-0.2, 0) is 4.74 Å². The molecule has 3 aliphatic rings.